The zero-order chi connectivity index (χ0) is 20.1. The number of rotatable bonds is 8. The summed E-state index contributed by atoms with van der Waals surface area (Å²) >= 11 is 12.1. The van der Waals surface area contributed by atoms with E-state index in [1.54, 1.807) is 18.2 Å². The van der Waals surface area contributed by atoms with Crippen molar-refractivity contribution in [2.45, 2.75) is 25.7 Å². The minimum Gasteiger partial charge on any atom is -0.469 e. The van der Waals surface area contributed by atoms with E-state index < -0.39 is 11.9 Å². The van der Waals surface area contributed by atoms with Gasteiger partial charge in [-0.3, -0.25) is 9.59 Å². The molecule has 0 aliphatic rings. The molecule has 0 spiro atoms. The van der Waals surface area contributed by atoms with Gasteiger partial charge in [0, 0.05) is 29.3 Å². The number of H-pyrrole nitrogens is 1. The highest BCUT2D eigenvalue weighted by molar-refractivity contribution is 6.35. The third-order valence-electron chi connectivity index (χ3n) is 4.57. The molecular weight excluding hydrogens is 399 g/mol. The van der Waals surface area contributed by atoms with E-state index in [9.17, 15) is 9.59 Å². The van der Waals surface area contributed by atoms with E-state index in [2.05, 4.69) is 9.97 Å². The molecule has 3 aromatic rings. The third-order valence-corrected chi connectivity index (χ3v) is 5.16. The number of hydrogen-bond acceptors (Lipinski definition) is 4. The van der Waals surface area contributed by atoms with E-state index in [1.807, 2.05) is 24.3 Å². The van der Waals surface area contributed by atoms with Crippen LogP contribution >= 0.6 is 23.2 Å². The molecule has 0 aliphatic heterocycles. The second kappa shape index (κ2) is 9.22. The summed E-state index contributed by atoms with van der Waals surface area (Å²) in [5.41, 5.74) is 2.57. The molecule has 1 aromatic heterocycles. The number of fused-ring (bicyclic) bond motifs is 1. The standard InChI is InChI=1S/C21H20Cl2N2O3/c1-28-21(27)14(10-13-6-7-15(22)12-17(13)23)11-16(26)8-9-20-24-18-4-2-3-5-19(18)25-20/h2-7,12,14H,8-11H2,1H3,(H,24,25)/t14-/m1/s1. The Hall–Kier alpha value is -2.37. The second-order valence-electron chi connectivity index (χ2n) is 6.60. The van der Waals surface area contributed by atoms with Gasteiger partial charge in [-0.05, 0) is 36.2 Å². The van der Waals surface area contributed by atoms with Crippen LogP contribution in [0.2, 0.25) is 10.0 Å². The van der Waals surface area contributed by atoms with E-state index >= 15 is 0 Å². The number of hydrogen-bond donors (Lipinski definition) is 1. The number of Topliss-reactive ketones (excluding diaryl/α,β-unsaturated/α-hetero) is 1. The summed E-state index contributed by atoms with van der Waals surface area (Å²) in [6.45, 7) is 0. The molecule has 2 aromatic carbocycles. The molecule has 7 heteroatoms. The number of benzene rings is 2. The number of ether oxygens (including phenoxy) is 1. The van der Waals surface area contributed by atoms with Crippen molar-refractivity contribution in [1.82, 2.24) is 9.97 Å². The number of halogens is 2. The largest absolute Gasteiger partial charge is 0.469 e. The van der Waals surface area contributed by atoms with Crippen molar-refractivity contribution < 1.29 is 14.3 Å². The third kappa shape index (κ3) is 5.12. The monoisotopic (exact) mass is 418 g/mol. The average molecular weight is 419 g/mol. The molecular formula is C21H20Cl2N2O3. The van der Waals surface area contributed by atoms with Gasteiger partial charge in [-0.1, -0.05) is 41.4 Å². The first-order chi connectivity index (χ1) is 13.5. The van der Waals surface area contributed by atoms with Gasteiger partial charge >= 0.3 is 5.97 Å². The molecule has 0 radical (unpaired) electrons. The Morgan fingerprint density at radius 2 is 1.96 bits per heavy atom. The van der Waals surface area contributed by atoms with Gasteiger partial charge in [0.2, 0.25) is 0 Å². The van der Waals surface area contributed by atoms with Crippen molar-refractivity contribution in [2.75, 3.05) is 7.11 Å². The number of aromatic nitrogens is 2. The summed E-state index contributed by atoms with van der Waals surface area (Å²) in [6, 6.07) is 12.8. The van der Waals surface area contributed by atoms with E-state index in [-0.39, 0.29) is 12.2 Å². The summed E-state index contributed by atoms with van der Waals surface area (Å²) in [5.74, 6) is -0.291. The Labute approximate surface area is 173 Å². The van der Waals surface area contributed by atoms with Crippen LogP contribution in [-0.2, 0) is 27.2 Å². The highest BCUT2D eigenvalue weighted by atomic mass is 35.5. The maximum absolute atomic E-state index is 12.5. The molecule has 0 aliphatic carbocycles. The summed E-state index contributed by atoms with van der Waals surface area (Å²) in [5, 5.41) is 0.987. The summed E-state index contributed by atoms with van der Waals surface area (Å²) < 4.78 is 4.87. The Kier molecular flexibility index (Phi) is 6.70. The van der Waals surface area contributed by atoms with Gasteiger partial charge in [0.05, 0.1) is 24.1 Å². The van der Waals surface area contributed by atoms with E-state index in [0.717, 1.165) is 22.4 Å². The number of nitrogens with zero attached hydrogens (tertiary/aromatic N) is 1. The van der Waals surface area contributed by atoms with Crippen molar-refractivity contribution in [3.8, 4) is 0 Å². The number of carbonyl (C=O) groups excluding carboxylic acids is 2. The number of aryl methyl sites for hydroxylation is 1. The smallest absolute Gasteiger partial charge is 0.309 e. The van der Waals surface area contributed by atoms with Gasteiger partial charge in [-0.15, -0.1) is 0 Å². The Morgan fingerprint density at radius 1 is 1.18 bits per heavy atom. The zero-order valence-electron chi connectivity index (χ0n) is 15.4. The highest BCUT2D eigenvalue weighted by Gasteiger charge is 2.24. The van der Waals surface area contributed by atoms with Crippen molar-refractivity contribution in [3.05, 3.63) is 63.9 Å². The Morgan fingerprint density at radius 3 is 2.68 bits per heavy atom. The molecule has 1 N–H and O–H groups in total. The van der Waals surface area contributed by atoms with Crippen LogP contribution in [0.3, 0.4) is 0 Å². The molecule has 5 nitrogen and oxygen atoms in total. The molecule has 0 bridgehead atoms. The van der Waals surface area contributed by atoms with Gasteiger partial charge < -0.3 is 9.72 Å². The minimum atomic E-state index is -0.591. The van der Waals surface area contributed by atoms with Gasteiger partial charge in [-0.25, -0.2) is 4.98 Å². The fourth-order valence-electron chi connectivity index (χ4n) is 3.12. The van der Waals surface area contributed by atoms with Crippen LogP contribution in [0, 0.1) is 5.92 Å². The molecule has 28 heavy (non-hydrogen) atoms. The van der Waals surface area contributed by atoms with E-state index in [1.165, 1.54) is 7.11 Å². The first-order valence-corrected chi connectivity index (χ1v) is 9.69. The summed E-state index contributed by atoms with van der Waals surface area (Å²) in [4.78, 5) is 32.3. The first kappa shape index (κ1) is 20.4. The van der Waals surface area contributed by atoms with Gasteiger partial charge in [0.1, 0.15) is 11.6 Å². The average Bonchev–Trinajstić information content (AvgIpc) is 3.10. The van der Waals surface area contributed by atoms with Crippen molar-refractivity contribution in [1.29, 1.82) is 0 Å². The van der Waals surface area contributed by atoms with Crippen LogP contribution in [0.4, 0.5) is 0 Å². The van der Waals surface area contributed by atoms with Crippen molar-refractivity contribution >= 4 is 46.0 Å². The first-order valence-electron chi connectivity index (χ1n) is 8.93. The fraction of sp³-hybridized carbons (Fsp3) is 0.286. The lowest BCUT2D eigenvalue weighted by Gasteiger charge is -2.15. The molecule has 0 saturated heterocycles. The van der Waals surface area contributed by atoms with Gasteiger partial charge in [-0.2, -0.15) is 0 Å². The van der Waals surface area contributed by atoms with E-state index in [0.29, 0.717) is 29.3 Å². The molecule has 0 unspecified atom stereocenters. The molecule has 146 valence electrons. The summed E-state index contributed by atoms with van der Waals surface area (Å²) in [7, 11) is 1.32. The quantitative estimate of drug-likeness (QED) is 0.533. The second-order valence-corrected chi connectivity index (χ2v) is 7.45. The molecule has 1 heterocycles. The molecule has 1 atom stereocenters. The predicted octanol–water partition coefficient (Wildman–Crippen LogP) is 4.79. The highest BCUT2D eigenvalue weighted by Crippen LogP contribution is 2.25. The number of aromatic amines is 1. The van der Waals surface area contributed by atoms with Gasteiger partial charge in [0.15, 0.2) is 0 Å². The predicted molar refractivity (Wildman–Crippen MR) is 110 cm³/mol. The van der Waals surface area contributed by atoms with Crippen LogP contribution in [0.1, 0.15) is 24.2 Å². The lowest BCUT2D eigenvalue weighted by Crippen LogP contribution is -2.22. The van der Waals surface area contributed by atoms with Crippen molar-refractivity contribution in [2.24, 2.45) is 5.92 Å². The molecule has 0 fully saturated rings. The van der Waals surface area contributed by atoms with Crippen LogP contribution in [0.25, 0.3) is 11.0 Å². The molecule has 0 amide bonds. The number of esters is 1. The fourth-order valence-corrected chi connectivity index (χ4v) is 3.60. The lowest BCUT2D eigenvalue weighted by molar-refractivity contribution is -0.147. The Bertz CT molecular complexity index is 967. The molecule has 3 rings (SSSR count). The number of carbonyl (C=O) groups is 2. The SMILES string of the molecule is COC(=O)[C@@H](CC(=O)CCc1nc2ccccc2[nH]1)Cc1ccc(Cl)cc1Cl. The van der Waals surface area contributed by atoms with Crippen LogP contribution < -0.4 is 0 Å². The molecule has 0 saturated carbocycles. The maximum atomic E-state index is 12.5. The number of methoxy groups -OCH3 is 1. The van der Waals surface area contributed by atoms with E-state index in [4.69, 9.17) is 27.9 Å². The maximum Gasteiger partial charge on any atom is 0.309 e. The van der Waals surface area contributed by atoms with Gasteiger partial charge in [0.25, 0.3) is 0 Å². The normalized spacial score (nSPS) is 12.1. The number of ketones is 1. The van der Waals surface area contributed by atoms with Crippen LogP contribution in [0.5, 0.6) is 0 Å². The van der Waals surface area contributed by atoms with Crippen LogP contribution in [-0.4, -0.2) is 28.8 Å². The summed E-state index contributed by atoms with van der Waals surface area (Å²) in [6.07, 6.45) is 1.19. The van der Waals surface area contributed by atoms with Crippen LogP contribution in [0.15, 0.2) is 42.5 Å². The number of para-hydroxylation sites is 2. The van der Waals surface area contributed by atoms with Crippen molar-refractivity contribution in [3.63, 3.8) is 0 Å². The topological polar surface area (TPSA) is 72.1 Å². The Balaban J connectivity index is 1.63. The zero-order valence-corrected chi connectivity index (χ0v) is 16.9. The number of imidazole rings is 1. The minimum absolute atomic E-state index is 0.0269. The lowest BCUT2D eigenvalue weighted by atomic mass is 9.93. The number of nitrogens with one attached hydrogen (secondary N) is 1.